The zero-order valence-corrected chi connectivity index (χ0v) is 17.6. The molecule has 152 valence electrons. The van der Waals surface area contributed by atoms with Crippen LogP contribution in [-0.4, -0.2) is 46.5 Å². The predicted octanol–water partition coefficient (Wildman–Crippen LogP) is 2.85. The molecule has 0 radical (unpaired) electrons. The van der Waals surface area contributed by atoms with E-state index in [1.54, 1.807) is 12.4 Å². The molecular formula is C20H22ClN5O2S. The summed E-state index contributed by atoms with van der Waals surface area (Å²) in [7, 11) is -3.46. The molecule has 29 heavy (non-hydrogen) atoms. The minimum atomic E-state index is -3.46. The minimum absolute atomic E-state index is 0.184. The number of sulfonamides is 1. The maximum absolute atomic E-state index is 12.7. The number of nitrogens with one attached hydrogen (secondary N) is 1. The van der Waals surface area contributed by atoms with Crippen LogP contribution in [0.3, 0.4) is 0 Å². The van der Waals surface area contributed by atoms with Crippen molar-refractivity contribution in [2.45, 2.75) is 25.6 Å². The summed E-state index contributed by atoms with van der Waals surface area (Å²) in [6.07, 6.45) is 5.33. The molecule has 1 aliphatic heterocycles. The average Bonchev–Trinajstić information content (AvgIpc) is 3.13. The summed E-state index contributed by atoms with van der Waals surface area (Å²) in [4.78, 5) is 13.9. The van der Waals surface area contributed by atoms with E-state index in [9.17, 15) is 8.42 Å². The van der Waals surface area contributed by atoms with Crippen LogP contribution in [0.1, 0.15) is 17.0 Å². The molecule has 9 heteroatoms. The Labute approximate surface area is 175 Å². The molecule has 2 aromatic heterocycles. The maximum atomic E-state index is 12.7. The molecule has 1 atom stereocenters. The third-order valence-electron chi connectivity index (χ3n) is 5.05. The van der Waals surface area contributed by atoms with E-state index in [1.807, 2.05) is 42.6 Å². The third-order valence-corrected chi connectivity index (χ3v) is 6.54. The van der Waals surface area contributed by atoms with Crippen LogP contribution in [-0.2, 0) is 29.5 Å². The van der Waals surface area contributed by atoms with Crippen LogP contribution in [0, 0.1) is 0 Å². The van der Waals surface area contributed by atoms with Gasteiger partial charge in [-0.3, -0.25) is 0 Å². The highest BCUT2D eigenvalue weighted by atomic mass is 35.5. The van der Waals surface area contributed by atoms with Gasteiger partial charge in [-0.1, -0.05) is 41.9 Å². The topological polar surface area (TPSA) is 82.2 Å². The van der Waals surface area contributed by atoms with Crippen LogP contribution in [0.4, 0.5) is 5.69 Å². The Balaban J connectivity index is 1.75. The number of pyridine rings is 1. The van der Waals surface area contributed by atoms with E-state index in [2.05, 4.69) is 19.9 Å². The summed E-state index contributed by atoms with van der Waals surface area (Å²) in [6.45, 7) is 1.25. The highest BCUT2D eigenvalue weighted by molar-refractivity contribution is 7.88. The van der Waals surface area contributed by atoms with Crippen LogP contribution < -0.4 is 4.90 Å². The molecule has 0 saturated carbocycles. The van der Waals surface area contributed by atoms with E-state index in [-0.39, 0.29) is 12.6 Å². The van der Waals surface area contributed by atoms with E-state index in [1.165, 1.54) is 10.6 Å². The number of hydrogen-bond donors (Lipinski definition) is 1. The Kier molecular flexibility index (Phi) is 5.58. The number of H-pyrrole nitrogens is 1. The van der Waals surface area contributed by atoms with Crippen LogP contribution in [0.25, 0.3) is 0 Å². The van der Waals surface area contributed by atoms with Crippen molar-refractivity contribution >= 4 is 27.3 Å². The van der Waals surface area contributed by atoms with Crippen molar-refractivity contribution in [3.63, 3.8) is 0 Å². The average molecular weight is 432 g/mol. The van der Waals surface area contributed by atoms with Crippen molar-refractivity contribution in [1.29, 1.82) is 0 Å². The lowest BCUT2D eigenvalue weighted by Crippen LogP contribution is -2.45. The van der Waals surface area contributed by atoms with Gasteiger partial charge in [-0.05, 0) is 24.1 Å². The Morgan fingerprint density at radius 3 is 2.69 bits per heavy atom. The van der Waals surface area contributed by atoms with Crippen molar-refractivity contribution in [2.75, 3.05) is 17.7 Å². The molecule has 0 fully saturated rings. The smallest absolute Gasteiger partial charge is 0.211 e. The first-order chi connectivity index (χ1) is 13.9. The van der Waals surface area contributed by atoms with Gasteiger partial charge in [-0.25, -0.2) is 18.4 Å². The van der Waals surface area contributed by atoms with Gasteiger partial charge in [0.15, 0.2) is 0 Å². The van der Waals surface area contributed by atoms with Gasteiger partial charge in [0.25, 0.3) is 0 Å². The molecule has 0 saturated heterocycles. The number of anilines is 1. The summed E-state index contributed by atoms with van der Waals surface area (Å²) in [5.74, 6) is 0. The first-order valence-electron chi connectivity index (χ1n) is 9.29. The largest absolute Gasteiger partial charge is 0.362 e. The number of benzene rings is 1. The number of halogens is 1. The highest BCUT2D eigenvalue weighted by Gasteiger charge is 2.34. The number of nitrogens with zero attached hydrogens (tertiary/aromatic N) is 4. The molecule has 0 amide bonds. The summed E-state index contributed by atoms with van der Waals surface area (Å²) >= 11 is 6.13. The van der Waals surface area contributed by atoms with E-state index in [0.717, 1.165) is 16.9 Å². The number of rotatable bonds is 5. The van der Waals surface area contributed by atoms with Crippen LogP contribution in [0.5, 0.6) is 0 Å². The van der Waals surface area contributed by atoms with E-state index in [0.29, 0.717) is 30.4 Å². The zero-order chi connectivity index (χ0) is 20.4. The van der Waals surface area contributed by atoms with E-state index >= 15 is 0 Å². The highest BCUT2D eigenvalue weighted by Crippen LogP contribution is 2.31. The fraction of sp³-hybridized carbons (Fsp3) is 0.300. The van der Waals surface area contributed by atoms with Gasteiger partial charge in [0.05, 0.1) is 42.7 Å². The molecule has 0 spiro atoms. The molecule has 0 unspecified atom stereocenters. The molecule has 4 rings (SSSR count). The summed E-state index contributed by atoms with van der Waals surface area (Å²) in [6, 6.07) is 13.3. The second kappa shape index (κ2) is 8.14. The SMILES string of the molecule is CS(=O)(=O)N1Cc2nc(Cl)ccc2N(Cc2c[nH]cn2)C[C@H]1Cc1ccccc1. The number of imidazole rings is 1. The van der Waals surface area contributed by atoms with Crippen molar-refractivity contribution in [2.24, 2.45) is 0 Å². The standard InChI is InChI=1S/C20H22ClN5O2S/c1-29(27,28)26-13-18-19(7-8-20(21)24-18)25(11-16-10-22-14-23-16)12-17(26)9-15-5-3-2-4-6-15/h2-8,10,14,17H,9,11-13H2,1H3,(H,22,23)/t17-/m1/s1. The summed E-state index contributed by atoms with van der Waals surface area (Å²) in [5, 5.41) is 0.346. The van der Waals surface area contributed by atoms with Gasteiger partial charge in [0.1, 0.15) is 5.15 Å². The van der Waals surface area contributed by atoms with Gasteiger partial charge < -0.3 is 9.88 Å². The fourth-order valence-electron chi connectivity index (χ4n) is 3.76. The first kappa shape index (κ1) is 19.9. The molecule has 3 aromatic rings. The van der Waals surface area contributed by atoms with Crippen molar-refractivity contribution in [3.05, 3.63) is 77.1 Å². The van der Waals surface area contributed by atoms with Gasteiger partial charge in [0, 0.05) is 18.8 Å². The Hall–Kier alpha value is -2.42. The quantitative estimate of drug-likeness (QED) is 0.628. The molecular weight excluding hydrogens is 410 g/mol. The Morgan fingerprint density at radius 2 is 2.00 bits per heavy atom. The minimum Gasteiger partial charge on any atom is -0.362 e. The number of hydrogen-bond acceptors (Lipinski definition) is 5. The van der Waals surface area contributed by atoms with E-state index in [4.69, 9.17) is 11.6 Å². The summed E-state index contributed by atoms with van der Waals surface area (Å²) < 4.78 is 26.9. The lowest BCUT2D eigenvalue weighted by Gasteiger charge is -2.31. The van der Waals surface area contributed by atoms with Crippen LogP contribution in [0.2, 0.25) is 5.15 Å². The molecule has 0 bridgehead atoms. The van der Waals surface area contributed by atoms with Gasteiger partial charge in [-0.15, -0.1) is 0 Å². The van der Waals surface area contributed by atoms with Crippen LogP contribution in [0.15, 0.2) is 55.0 Å². The normalized spacial score (nSPS) is 17.7. The second-order valence-corrected chi connectivity index (χ2v) is 9.51. The molecule has 0 aliphatic carbocycles. The monoisotopic (exact) mass is 431 g/mol. The first-order valence-corrected chi connectivity index (χ1v) is 11.5. The maximum Gasteiger partial charge on any atom is 0.211 e. The fourth-order valence-corrected chi connectivity index (χ4v) is 4.96. The number of aromatic nitrogens is 3. The number of aromatic amines is 1. The predicted molar refractivity (Wildman–Crippen MR) is 113 cm³/mol. The molecule has 7 nitrogen and oxygen atoms in total. The lowest BCUT2D eigenvalue weighted by molar-refractivity contribution is 0.318. The van der Waals surface area contributed by atoms with Crippen molar-refractivity contribution < 1.29 is 8.42 Å². The summed E-state index contributed by atoms with van der Waals surface area (Å²) in [5.41, 5.74) is 3.48. The molecule has 1 aliphatic rings. The second-order valence-electron chi connectivity index (χ2n) is 7.19. The third kappa shape index (κ3) is 4.60. The van der Waals surface area contributed by atoms with E-state index < -0.39 is 10.0 Å². The van der Waals surface area contributed by atoms with Gasteiger partial charge >= 0.3 is 0 Å². The van der Waals surface area contributed by atoms with Crippen molar-refractivity contribution in [1.82, 2.24) is 19.3 Å². The Bertz CT molecular complexity index is 1070. The lowest BCUT2D eigenvalue weighted by atomic mass is 10.1. The molecule has 1 aromatic carbocycles. The zero-order valence-electron chi connectivity index (χ0n) is 16.0. The molecule has 3 heterocycles. The van der Waals surface area contributed by atoms with Gasteiger partial charge in [-0.2, -0.15) is 4.31 Å². The van der Waals surface area contributed by atoms with Crippen molar-refractivity contribution in [3.8, 4) is 0 Å². The number of fused-ring (bicyclic) bond motifs is 1. The Morgan fingerprint density at radius 1 is 1.21 bits per heavy atom. The van der Waals surface area contributed by atoms with Gasteiger partial charge in [0.2, 0.25) is 10.0 Å². The van der Waals surface area contributed by atoms with Crippen LogP contribution >= 0.6 is 11.6 Å². The molecule has 1 N–H and O–H groups in total.